The van der Waals surface area contributed by atoms with Crippen molar-refractivity contribution in [3.8, 4) is 11.8 Å². The lowest BCUT2D eigenvalue weighted by Crippen LogP contribution is -2.01. The number of pyridine rings is 1. The van der Waals surface area contributed by atoms with Crippen molar-refractivity contribution in [3.63, 3.8) is 0 Å². The highest BCUT2D eigenvalue weighted by molar-refractivity contribution is 5.77. The number of anilines is 1. The summed E-state index contributed by atoms with van der Waals surface area (Å²) in [6.07, 6.45) is 0. The van der Waals surface area contributed by atoms with E-state index in [9.17, 15) is 0 Å². The first kappa shape index (κ1) is 11.2. The van der Waals surface area contributed by atoms with Crippen LogP contribution < -0.4 is 5.73 Å². The monoisotopic (exact) mass is 249 g/mol. The molecule has 0 aliphatic rings. The van der Waals surface area contributed by atoms with Crippen molar-refractivity contribution in [1.29, 1.82) is 5.26 Å². The summed E-state index contributed by atoms with van der Waals surface area (Å²) in [6, 6.07) is 13.0. The number of nitriles is 1. The molecular weight excluding hydrogens is 238 g/mol. The standard InChI is InChI=1S/C14H11N5/c1-9-2-7-12-13(17-9)19(14(16)18-12)11-5-3-10(8-15)4-6-11/h2-7H,1H3,(H2,16,18). The molecule has 92 valence electrons. The van der Waals surface area contributed by atoms with Crippen molar-refractivity contribution in [2.24, 2.45) is 0 Å². The van der Waals surface area contributed by atoms with Crippen LogP contribution >= 0.6 is 0 Å². The third-order valence-corrected chi connectivity index (χ3v) is 2.92. The van der Waals surface area contributed by atoms with Crippen LogP contribution in [0.15, 0.2) is 36.4 Å². The molecule has 0 spiro atoms. The van der Waals surface area contributed by atoms with Crippen LogP contribution in [0, 0.1) is 18.3 Å². The van der Waals surface area contributed by atoms with Gasteiger partial charge < -0.3 is 5.73 Å². The van der Waals surface area contributed by atoms with Crippen LogP contribution in [0.25, 0.3) is 16.9 Å². The van der Waals surface area contributed by atoms with E-state index in [1.807, 2.05) is 31.2 Å². The van der Waals surface area contributed by atoms with Gasteiger partial charge in [0.25, 0.3) is 0 Å². The van der Waals surface area contributed by atoms with Crippen LogP contribution in [0.1, 0.15) is 11.3 Å². The quantitative estimate of drug-likeness (QED) is 0.716. The molecular formula is C14H11N5. The van der Waals surface area contributed by atoms with E-state index in [0.29, 0.717) is 11.5 Å². The number of benzene rings is 1. The predicted octanol–water partition coefficient (Wildman–Crippen LogP) is 2.18. The van der Waals surface area contributed by atoms with Gasteiger partial charge in [0.05, 0.1) is 17.3 Å². The zero-order chi connectivity index (χ0) is 13.4. The molecule has 0 radical (unpaired) electrons. The average molecular weight is 249 g/mol. The SMILES string of the molecule is Cc1ccc2nc(N)n(-c3ccc(C#N)cc3)c2n1. The molecule has 5 nitrogen and oxygen atoms in total. The van der Waals surface area contributed by atoms with Gasteiger partial charge in [0.2, 0.25) is 5.95 Å². The Kier molecular flexibility index (Phi) is 2.43. The molecule has 0 amide bonds. The molecule has 19 heavy (non-hydrogen) atoms. The fourth-order valence-corrected chi connectivity index (χ4v) is 2.01. The number of imidazole rings is 1. The normalized spacial score (nSPS) is 10.5. The van der Waals surface area contributed by atoms with Gasteiger partial charge in [-0.25, -0.2) is 9.97 Å². The largest absolute Gasteiger partial charge is 0.369 e. The van der Waals surface area contributed by atoms with Gasteiger partial charge in [-0.2, -0.15) is 5.26 Å². The molecule has 0 fully saturated rings. The Balaban J connectivity index is 2.26. The maximum absolute atomic E-state index is 8.82. The van der Waals surface area contributed by atoms with Gasteiger partial charge in [0, 0.05) is 5.69 Å². The molecule has 0 saturated heterocycles. The first-order valence-electron chi connectivity index (χ1n) is 5.81. The number of aryl methyl sites for hydroxylation is 1. The summed E-state index contributed by atoms with van der Waals surface area (Å²) in [7, 11) is 0. The first-order chi connectivity index (χ1) is 9.19. The summed E-state index contributed by atoms with van der Waals surface area (Å²) in [6.45, 7) is 1.92. The number of fused-ring (bicyclic) bond motifs is 1. The Morgan fingerprint density at radius 1 is 1.11 bits per heavy atom. The van der Waals surface area contributed by atoms with Crippen LogP contribution in [-0.4, -0.2) is 14.5 Å². The van der Waals surface area contributed by atoms with Gasteiger partial charge in [-0.3, -0.25) is 4.57 Å². The molecule has 2 heterocycles. The van der Waals surface area contributed by atoms with E-state index in [4.69, 9.17) is 11.0 Å². The van der Waals surface area contributed by atoms with Gasteiger partial charge >= 0.3 is 0 Å². The summed E-state index contributed by atoms with van der Waals surface area (Å²) >= 11 is 0. The summed E-state index contributed by atoms with van der Waals surface area (Å²) in [5, 5.41) is 8.82. The Labute approximate surface area is 109 Å². The lowest BCUT2D eigenvalue weighted by Gasteiger charge is -2.05. The number of nitrogens with zero attached hydrogens (tertiary/aromatic N) is 4. The van der Waals surface area contributed by atoms with Crippen molar-refractivity contribution in [2.75, 3.05) is 5.73 Å². The second kappa shape index (κ2) is 4.10. The highest BCUT2D eigenvalue weighted by Crippen LogP contribution is 2.21. The van der Waals surface area contributed by atoms with E-state index in [1.165, 1.54) is 0 Å². The van der Waals surface area contributed by atoms with Gasteiger partial charge in [-0.1, -0.05) is 0 Å². The zero-order valence-corrected chi connectivity index (χ0v) is 10.3. The summed E-state index contributed by atoms with van der Waals surface area (Å²) in [4.78, 5) is 8.76. The molecule has 0 atom stereocenters. The van der Waals surface area contributed by atoms with Gasteiger partial charge in [0.15, 0.2) is 5.65 Å². The van der Waals surface area contributed by atoms with Crippen molar-refractivity contribution in [2.45, 2.75) is 6.92 Å². The van der Waals surface area contributed by atoms with E-state index in [2.05, 4.69) is 16.0 Å². The molecule has 0 unspecified atom stereocenters. The molecule has 5 heteroatoms. The lowest BCUT2D eigenvalue weighted by molar-refractivity contribution is 1.07. The second-order valence-electron chi connectivity index (χ2n) is 4.26. The summed E-state index contributed by atoms with van der Waals surface area (Å²) < 4.78 is 1.78. The molecule has 0 aliphatic heterocycles. The number of aromatic nitrogens is 3. The second-order valence-corrected chi connectivity index (χ2v) is 4.26. The molecule has 2 aromatic heterocycles. The lowest BCUT2D eigenvalue weighted by atomic mass is 10.2. The van der Waals surface area contributed by atoms with Crippen molar-refractivity contribution >= 4 is 17.1 Å². The molecule has 0 saturated carbocycles. The Morgan fingerprint density at radius 2 is 1.84 bits per heavy atom. The number of rotatable bonds is 1. The number of nitrogens with two attached hydrogens (primary N) is 1. The highest BCUT2D eigenvalue weighted by Gasteiger charge is 2.11. The molecule has 1 aromatic carbocycles. The molecule has 0 aliphatic carbocycles. The van der Waals surface area contributed by atoms with Gasteiger partial charge in [-0.15, -0.1) is 0 Å². The van der Waals surface area contributed by atoms with Crippen LogP contribution in [0.3, 0.4) is 0 Å². The maximum atomic E-state index is 8.82. The fraction of sp³-hybridized carbons (Fsp3) is 0.0714. The van der Waals surface area contributed by atoms with E-state index in [0.717, 1.165) is 22.5 Å². The van der Waals surface area contributed by atoms with Gasteiger partial charge in [-0.05, 0) is 43.3 Å². The highest BCUT2D eigenvalue weighted by atomic mass is 15.2. The van der Waals surface area contributed by atoms with Crippen molar-refractivity contribution in [1.82, 2.24) is 14.5 Å². The Hall–Kier alpha value is -2.87. The number of hydrogen-bond acceptors (Lipinski definition) is 4. The Bertz CT molecular complexity index is 793. The van der Waals surface area contributed by atoms with Crippen LogP contribution in [0.2, 0.25) is 0 Å². The van der Waals surface area contributed by atoms with Crippen LogP contribution in [0.5, 0.6) is 0 Å². The van der Waals surface area contributed by atoms with Crippen molar-refractivity contribution in [3.05, 3.63) is 47.7 Å². The smallest absolute Gasteiger partial charge is 0.207 e. The summed E-state index contributed by atoms with van der Waals surface area (Å²) in [5.74, 6) is 0.387. The topological polar surface area (TPSA) is 80.5 Å². The van der Waals surface area contributed by atoms with E-state index in [-0.39, 0.29) is 0 Å². The van der Waals surface area contributed by atoms with E-state index in [1.54, 1.807) is 16.7 Å². The third-order valence-electron chi connectivity index (χ3n) is 2.92. The van der Waals surface area contributed by atoms with Crippen LogP contribution in [-0.2, 0) is 0 Å². The van der Waals surface area contributed by atoms with E-state index < -0.39 is 0 Å². The van der Waals surface area contributed by atoms with Crippen LogP contribution in [0.4, 0.5) is 5.95 Å². The van der Waals surface area contributed by atoms with E-state index >= 15 is 0 Å². The minimum Gasteiger partial charge on any atom is -0.369 e. The first-order valence-corrected chi connectivity index (χ1v) is 5.81. The fourth-order valence-electron chi connectivity index (χ4n) is 2.01. The summed E-state index contributed by atoms with van der Waals surface area (Å²) in [5.41, 5.74) is 9.79. The molecule has 3 aromatic rings. The zero-order valence-electron chi connectivity index (χ0n) is 10.3. The predicted molar refractivity (Wildman–Crippen MR) is 72.7 cm³/mol. The average Bonchev–Trinajstić information content (AvgIpc) is 2.74. The van der Waals surface area contributed by atoms with Gasteiger partial charge in [0.1, 0.15) is 5.52 Å². The molecule has 3 rings (SSSR count). The Morgan fingerprint density at radius 3 is 2.53 bits per heavy atom. The molecule has 0 bridgehead atoms. The maximum Gasteiger partial charge on any atom is 0.207 e. The number of hydrogen-bond donors (Lipinski definition) is 1. The third kappa shape index (κ3) is 1.79. The van der Waals surface area contributed by atoms with Crippen molar-refractivity contribution < 1.29 is 0 Å². The molecule has 2 N–H and O–H groups in total. The number of nitrogen functional groups attached to an aromatic ring is 1. The minimum absolute atomic E-state index is 0.387. The minimum atomic E-state index is 0.387.